The van der Waals surface area contributed by atoms with E-state index in [-0.39, 0.29) is 23.5 Å². The number of ketones is 1. The molecule has 2 nitrogen and oxygen atoms in total. The first-order valence-corrected chi connectivity index (χ1v) is 6.78. The Labute approximate surface area is 111 Å². The summed E-state index contributed by atoms with van der Waals surface area (Å²) in [6.07, 6.45) is 3.10. The zero-order valence-corrected chi connectivity index (χ0v) is 10.7. The second-order valence-electron chi connectivity index (χ2n) is 5.75. The quantitative estimate of drug-likeness (QED) is 0.909. The van der Waals surface area contributed by atoms with E-state index in [9.17, 15) is 13.6 Å². The lowest BCUT2D eigenvalue weighted by molar-refractivity contribution is -0.120. The van der Waals surface area contributed by atoms with Crippen LogP contribution in [0.1, 0.15) is 24.8 Å². The smallest absolute Gasteiger partial charge is 0.141 e. The molecule has 1 spiro atoms. The van der Waals surface area contributed by atoms with Gasteiger partial charge >= 0.3 is 0 Å². The Morgan fingerprint density at radius 3 is 2.74 bits per heavy atom. The van der Waals surface area contributed by atoms with Crippen LogP contribution in [0.15, 0.2) is 18.2 Å². The molecular weight excluding hydrogens is 248 g/mol. The van der Waals surface area contributed by atoms with Crippen molar-refractivity contribution in [2.75, 3.05) is 13.1 Å². The van der Waals surface area contributed by atoms with Crippen molar-refractivity contribution in [3.8, 4) is 0 Å². The number of carbonyl (C=O) groups excluding carboxylic acids is 1. The van der Waals surface area contributed by atoms with E-state index in [2.05, 4.69) is 5.32 Å². The average Bonchev–Trinajstić information content (AvgIpc) is 3.07. The summed E-state index contributed by atoms with van der Waals surface area (Å²) in [6, 6.07) is 3.43. The highest BCUT2D eigenvalue weighted by Gasteiger charge is 2.56. The molecule has 1 saturated carbocycles. The highest BCUT2D eigenvalue weighted by atomic mass is 19.1. The molecule has 3 rings (SSSR count). The minimum absolute atomic E-state index is 0.0825. The fraction of sp³-hybridized carbons (Fsp3) is 0.533. The van der Waals surface area contributed by atoms with Crippen molar-refractivity contribution in [3.05, 3.63) is 35.4 Å². The molecule has 19 heavy (non-hydrogen) atoms. The molecule has 2 fully saturated rings. The highest BCUT2D eigenvalue weighted by molar-refractivity contribution is 5.86. The number of hydrogen-bond acceptors (Lipinski definition) is 2. The van der Waals surface area contributed by atoms with Crippen molar-refractivity contribution in [1.82, 2.24) is 5.32 Å². The Morgan fingerprint density at radius 2 is 2.05 bits per heavy atom. The monoisotopic (exact) mass is 265 g/mol. The lowest BCUT2D eigenvalue weighted by atomic mass is 9.89. The number of benzene rings is 1. The highest BCUT2D eigenvalue weighted by Crippen LogP contribution is 2.59. The molecule has 2 aliphatic rings. The van der Waals surface area contributed by atoms with E-state index >= 15 is 0 Å². The maximum absolute atomic E-state index is 13.5. The first-order valence-electron chi connectivity index (χ1n) is 6.78. The average molecular weight is 265 g/mol. The topological polar surface area (TPSA) is 29.1 Å². The number of hydrogen-bond donors (Lipinski definition) is 1. The molecule has 1 aliphatic heterocycles. The van der Waals surface area contributed by atoms with Crippen LogP contribution in [-0.4, -0.2) is 18.9 Å². The third-order valence-corrected chi connectivity index (χ3v) is 4.56. The zero-order chi connectivity index (χ0) is 13.5. The number of carbonyl (C=O) groups is 1. The van der Waals surface area contributed by atoms with Crippen LogP contribution in [0.4, 0.5) is 8.78 Å². The molecule has 4 heteroatoms. The van der Waals surface area contributed by atoms with Crippen LogP contribution in [-0.2, 0) is 11.2 Å². The molecule has 1 N–H and O–H groups in total. The van der Waals surface area contributed by atoms with Crippen LogP contribution in [0, 0.1) is 23.0 Å². The van der Waals surface area contributed by atoms with Crippen molar-refractivity contribution in [3.63, 3.8) is 0 Å². The van der Waals surface area contributed by atoms with E-state index in [1.165, 1.54) is 12.1 Å². The SMILES string of the molecule is O=C(Cc1ccc(F)cc1F)C1CC12CCNCC2. The molecule has 1 atom stereocenters. The molecule has 1 unspecified atom stereocenters. The summed E-state index contributed by atoms with van der Waals surface area (Å²) >= 11 is 0. The van der Waals surface area contributed by atoms with Crippen molar-refractivity contribution in [2.24, 2.45) is 11.3 Å². The molecule has 1 aromatic carbocycles. The minimum atomic E-state index is -0.617. The van der Waals surface area contributed by atoms with Gasteiger partial charge in [-0.15, -0.1) is 0 Å². The summed E-state index contributed by atoms with van der Waals surface area (Å²) in [5.41, 5.74) is 0.487. The van der Waals surface area contributed by atoms with Gasteiger partial charge in [0.15, 0.2) is 0 Å². The normalized spacial score (nSPS) is 24.4. The van der Waals surface area contributed by atoms with E-state index in [0.29, 0.717) is 5.56 Å². The van der Waals surface area contributed by atoms with E-state index < -0.39 is 11.6 Å². The Morgan fingerprint density at radius 1 is 1.32 bits per heavy atom. The van der Waals surface area contributed by atoms with Gasteiger partial charge in [-0.2, -0.15) is 0 Å². The van der Waals surface area contributed by atoms with Gasteiger partial charge in [-0.05, 0) is 49.4 Å². The third kappa shape index (κ3) is 2.41. The number of nitrogens with one attached hydrogen (secondary N) is 1. The predicted octanol–water partition coefficient (Wildman–Crippen LogP) is 2.47. The van der Waals surface area contributed by atoms with Crippen molar-refractivity contribution in [2.45, 2.75) is 25.7 Å². The second kappa shape index (κ2) is 4.67. The molecule has 0 amide bonds. The van der Waals surface area contributed by atoms with Gasteiger partial charge in [0.25, 0.3) is 0 Å². The van der Waals surface area contributed by atoms with Crippen molar-refractivity contribution in [1.29, 1.82) is 0 Å². The summed E-state index contributed by atoms with van der Waals surface area (Å²) in [4.78, 5) is 12.2. The van der Waals surface area contributed by atoms with Crippen LogP contribution in [0.2, 0.25) is 0 Å². The van der Waals surface area contributed by atoms with Crippen LogP contribution in [0.3, 0.4) is 0 Å². The summed E-state index contributed by atoms with van der Waals surface area (Å²) in [5, 5.41) is 3.29. The number of rotatable bonds is 3. The maximum atomic E-state index is 13.5. The summed E-state index contributed by atoms with van der Waals surface area (Å²) in [6.45, 7) is 1.93. The van der Waals surface area contributed by atoms with Gasteiger partial charge in [0.05, 0.1) is 0 Å². The first kappa shape index (κ1) is 12.7. The fourth-order valence-corrected chi connectivity index (χ4v) is 3.26. The summed E-state index contributed by atoms with van der Waals surface area (Å²) in [7, 11) is 0. The molecule has 1 aromatic rings. The van der Waals surface area contributed by atoms with E-state index in [1.54, 1.807) is 0 Å². The lowest BCUT2D eigenvalue weighted by Gasteiger charge is -2.23. The molecule has 102 valence electrons. The Balaban J connectivity index is 1.66. The van der Waals surface area contributed by atoms with Gasteiger partial charge in [-0.25, -0.2) is 8.78 Å². The van der Waals surface area contributed by atoms with E-state index in [0.717, 1.165) is 38.4 Å². The minimum Gasteiger partial charge on any atom is -0.317 e. The Kier molecular flexibility index (Phi) is 3.13. The van der Waals surface area contributed by atoms with Gasteiger partial charge in [0.2, 0.25) is 0 Å². The third-order valence-electron chi connectivity index (χ3n) is 4.56. The van der Waals surface area contributed by atoms with Crippen LogP contribution >= 0.6 is 0 Å². The van der Waals surface area contributed by atoms with Gasteiger partial charge in [-0.3, -0.25) is 4.79 Å². The number of halogens is 2. The first-order chi connectivity index (χ1) is 9.11. The fourth-order valence-electron chi connectivity index (χ4n) is 3.26. The van der Waals surface area contributed by atoms with Crippen LogP contribution in [0.25, 0.3) is 0 Å². The predicted molar refractivity (Wildman–Crippen MR) is 67.7 cm³/mol. The molecule has 1 heterocycles. The summed E-state index contributed by atoms with van der Waals surface area (Å²) < 4.78 is 26.3. The van der Waals surface area contributed by atoms with Crippen molar-refractivity contribution >= 4 is 5.78 Å². The van der Waals surface area contributed by atoms with Gasteiger partial charge in [0, 0.05) is 18.4 Å². The van der Waals surface area contributed by atoms with Crippen LogP contribution < -0.4 is 5.32 Å². The Bertz CT molecular complexity index is 509. The molecule has 0 bridgehead atoms. The number of piperidine rings is 1. The zero-order valence-electron chi connectivity index (χ0n) is 10.7. The number of Topliss-reactive ketones (excluding diaryl/α,β-unsaturated/α-hetero) is 1. The lowest BCUT2D eigenvalue weighted by Crippen LogP contribution is -2.31. The van der Waals surface area contributed by atoms with Gasteiger partial charge in [0.1, 0.15) is 17.4 Å². The van der Waals surface area contributed by atoms with E-state index in [4.69, 9.17) is 0 Å². The molecule has 0 aromatic heterocycles. The maximum Gasteiger partial charge on any atom is 0.141 e. The van der Waals surface area contributed by atoms with Crippen molar-refractivity contribution < 1.29 is 13.6 Å². The standard InChI is InChI=1S/C15H17F2NO/c16-11-2-1-10(13(17)8-11)7-14(19)12-9-15(12)3-5-18-6-4-15/h1-2,8,12,18H,3-7,9H2. The molecular formula is C15H17F2NO. The van der Waals surface area contributed by atoms with Gasteiger partial charge in [-0.1, -0.05) is 6.07 Å². The van der Waals surface area contributed by atoms with Gasteiger partial charge < -0.3 is 5.32 Å². The largest absolute Gasteiger partial charge is 0.317 e. The van der Waals surface area contributed by atoms with Crippen LogP contribution in [0.5, 0.6) is 0 Å². The molecule has 1 aliphatic carbocycles. The second-order valence-corrected chi connectivity index (χ2v) is 5.75. The molecule has 1 saturated heterocycles. The summed E-state index contributed by atoms with van der Waals surface area (Å²) in [5.74, 6) is -1.03. The molecule has 0 radical (unpaired) electrons. The van der Waals surface area contributed by atoms with E-state index in [1.807, 2.05) is 0 Å². The Hall–Kier alpha value is -1.29.